The van der Waals surface area contributed by atoms with E-state index in [2.05, 4.69) is 20.8 Å². The summed E-state index contributed by atoms with van der Waals surface area (Å²) in [6, 6.07) is 10.2. The molecule has 162 valence electrons. The van der Waals surface area contributed by atoms with Crippen molar-refractivity contribution < 1.29 is 27.9 Å². The maximum Gasteiger partial charge on any atom is 0.416 e. The molecule has 1 aromatic carbocycles. The summed E-state index contributed by atoms with van der Waals surface area (Å²) in [6.07, 6.45) is -4.41. The molecule has 1 atom stereocenters. The number of benzene rings is 1. The van der Waals surface area contributed by atoms with Crippen LogP contribution < -0.4 is 10.7 Å². The highest BCUT2D eigenvalue weighted by molar-refractivity contribution is 5.99. The Balaban J connectivity index is 1.61. The van der Waals surface area contributed by atoms with Crippen molar-refractivity contribution >= 4 is 11.8 Å². The molecular weight excluding hydrogens is 415 g/mol. The molecular formula is C20H18F3N5O3. The van der Waals surface area contributed by atoms with Crippen LogP contribution in [0.1, 0.15) is 43.9 Å². The Labute approximate surface area is 174 Å². The van der Waals surface area contributed by atoms with Gasteiger partial charge in [0.25, 0.3) is 11.8 Å². The summed E-state index contributed by atoms with van der Waals surface area (Å²) in [5.41, 5.74) is 2.57. The Hall–Kier alpha value is -3.73. The van der Waals surface area contributed by atoms with E-state index in [1.807, 2.05) is 0 Å². The Morgan fingerprint density at radius 1 is 1.10 bits per heavy atom. The number of hydrogen-bond donors (Lipinski definition) is 3. The molecule has 3 rings (SSSR count). The Kier molecular flexibility index (Phi) is 6.35. The van der Waals surface area contributed by atoms with E-state index in [0.717, 1.165) is 29.1 Å². The molecule has 31 heavy (non-hydrogen) atoms. The maximum atomic E-state index is 12.6. The van der Waals surface area contributed by atoms with E-state index in [-0.39, 0.29) is 23.5 Å². The monoisotopic (exact) mass is 433 g/mol. The van der Waals surface area contributed by atoms with Crippen LogP contribution in [-0.4, -0.2) is 38.3 Å². The molecule has 0 spiro atoms. The highest BCUT2D eigenvalue weighted by Gasteiger charge is 2.30. The second kappa shape index (κ2) is 8.96. The third-order valence-electron chi connectivity index (χ3n) is 4.28. The van der Waals surface area contributed by atoms with Gasteiger partial charge in [-0.2, -0.15) is 23.1 Å². The number of nitrogens with zero attached hydrogens (tertiary/aromatic N) is 3. The highest BCUT2D eigenvalue weighted by Crippen LogP contribution is 2.29. The normalized spacial score (nSPS) is 12.3. The van der Waals surface area contributed by atoms with Crippen LogP contribution in [0.3, 0.4) is 0 Å². The molecule has 8 nitrogen and oxygen atoms in total. The van der Waals surface area contributed by atoms with Crippen molar-refractivity contribution in [3.8, 4) is 0 Å². The molecule has 0 saturated carbocycles. The van der Waals surface area contributed by atoms with E-state index in [4.69, 9.17) is 0 Å². The quantitative estimate of drug-likeness (QED) is 0.553. The van der Waals surface area contributed by atoms with E-state index in [1.54, 1.807) is 19.1 Å². The molecule has 0 radical (unpaired) electrons. The summed E-state index contributed by atoms with van der Waals surface area (Å²) in [6.45, 7) is 1.47. The van der Waals surface area contributed by atoms with Gasteiger partial charge in [0.05, 0.1) is 17.9 Å². The SMILES string of the molecule is Cc1cccc(C(=O)Nn2nccc2C(=O)NCC(O)c2ccc(C(F)(F)F)cc2)n1. The van der Waals surface area contributed by atoms with E-state index < -0.39 is 29.7 Å². The summed E-state index contributed by atoms with van der Waals surface area (Å²) in [5, 5.41) is 16.5. The molecule has 2 heterocycles. The Bertz CT molecular complexity index is 1080. The van der Waals surface area contributed by atoms with Crippen LogP contribution in [0, 0.1) is 6.92 Å². The van der Waals surface area contributed by atoms with Crippen molar-refractivity contribution in [1.29, 1.82) is 0 Å². The van der Waals surface area contributed by atoms with E-state index >= 15 is 0 Å². The molecule has 1 unspecified atom stereocenters. The van der Waals surface area contributed by atoms with Crippen LogP contribution in [0.25, 0.3) is 0 Å². The number of halogens is 3. The average molecular weight is 433 g/mol. The largest absolute Gasteiger partial charge is 0.416 e. The molecule has 3 N–H and O–H groups in total. The van der Waals surface area contributed by atoms with Gasteiger partial charge in [0.2, 0.25) is 0 Å². The predicted molar refractivity (Wildman–Crippen MR) is 104 cm³/mol. The number of amides is 2. The summed E-state index contributed by atoms with van der Waals surface area (Å²) in [5.74, 6) is -1.23. The summed E-state index contributed by atoms with van der Waals surface area (Å²) in [7, 11) is 0. The second-order valence-electron chi connectivity index (χ2n) is 6.58. The van der Waals surface area contributed by atoms with E-state index in [9.17, 15) is 27.9 Å². The number of aryl methyl sites for hydroxylation is 1. The van der Waals surface area contributed by atoms with E-state index in [0.29, 0.717) is 5.69 Å². The summed E-state index contributed by atoms with van der Waals surface area (Å²) < 4.78 is 37.9. The minimum Gasteiger partial charge on any atom is -0.387 e. The van der Waals surface area contributed by atoms with Gasteiger partial charge in [0.15, 0.2) is 0 Å². The molecule has 0 bridgehead atoms. The number of hydrogen-bond acceptors (Lipinski definition) is 5. The molecule has 2 aromatic heterocycles. The van der Waals surface area contributed by atoms with Crippen molar-refractivity contribution in [2.75, 3.05) is 12.0 Å². The second-order valence-corrected chi connectivity index (χ2v) is 6.58. The smallest absolute Gasteiger partial charge is 0.387 e. The molecule has 0 aliphatic rings. The van der Waals surface area contributed by atoms with E-state index in [1.165, 1.54) is 18.3 Å². The first-order valence-corrected chi connectivity index (χ1v) is 9.07. The van der Waals surface area contributed by atoms with Crippen LogP contribution in [0.5, 0.6) is 0 Å². The fraction of sp³-hybridized carbons (Fsp3) is 0.200. The molecule has 11 heteroatoms. The van der Waals surface area contributed by atoms with Gasteiger partial charge < -0.3 is 10.4 Å². The van der Waals surface area contributed by atoms with Crippen molar-refractivity contribution in [2.24, 2.45) is 0 Å². The van der Waals surface area contributed by atoms with Gasteiger partial charge in [-0.3, -0.25) is 9.59 Å². The molecule has 0 aliphatic carbocycles. The number of rotatable bonds is 6. The standard InChI is InChI=1S/C20H18F3N5O3/c1-12-3-2-4-15(26-12)18(30)27-28-16(9-10-25-28)19(31)24-11-17(29)13-5-7-14(8-6-13)20(21,22)23/h2-10,17,29H,11H2,1H3,(H,24,31)(H,27,30). The highest BCUT2D eigenvalue weighted by atomic mass is 19.4. The fourth-order valence-corrected chi connectivity index (χ4v) is 2.68. The van der Waals surface area contributed by atoms with Crippen molar-refractivity contribution in [2.45, 2.75) is 19.2 Å². The number of carbonyl (C=O) groups excluding carboxylic acids is 2. The van der Waals surface area contributed by atoms with Crippen LogP contribution in [0.4, 0.5) is 13.2 Å². The predicted octanol–water partition coefficient (Wildman–Crippen LogP) is 2.45. The third-order valence-corrected chi connectivity index (χ3v) is 4.28. The van der Waals surface area contributed by atoms with Gasteiger partial charge in [-0.05, 0) is 42.8 Å². The van der Waals surface area contributed by atoms with Crippen molar-refractivity contribution in [1.82, 2.24) is 20.2 Å². The zero-order valence-corrected chi connectivity index (χ0v) is 16.2. The molecule has 3 aromatic rings. The minimum absolute atomic E-state index is 0.0133. The zero-order chi connectivity index (χ0) is 22.6. The minimum atomic E-state index is -4.48. The number of alkyl halides is 3. The molecule has 0 aliphatic heterocycles. The van der Waals surface area contributed by atoms with Gasteiger partial charge >= 0.3 is 6.18 Å². The van der Waals surface area contributed by atoms with Gasteiger partial charge in [-0.15, -0.1) is 0 Å². The fourth-order valence-electron chi connectivity index (χ4n) is 2.68. The number of aliphatic hydroxyl groups is 1. The van der Waals surface area contributed by atoms with Crippen molar-refractivity contribution in [3.05, 3.63) is 82.9 Å². The zero-order valence-electron chi connectivity index (χ0n) is 16.2. The number of aromatic nitrogens is 3. The lowest BCUT2D eigenvalue weighted by Gasteiger charge is -2.14. The van der Waals surface area contributed by atoms with Crippen LogP contribution in [0.15, 0.2) is 54.7 Å². The average Bonchev–Trinajstić information content (AvgIpc) is 3.19. The summed E-state index contributed by atoms with van der Waals surface area (Å²) >= 11 is 0. The number of pyridine rings is 1. The summed E-state index contributed by atoms with van der Waals surface area (Å²) in [4.78, 5) is 29.8. The first-order valence-electron chi connectivity index (χ1n) is 9.07. The first kappa shape index (κ1) is 22.0. The number of aliphatic hydroxyl groups excluding tert-OH is 1. The lowest BCUT2D eigenvalue weighted by Crippen LogP contribution is -2.34. The van der Waals surface area contributed by atoms with Gasteiger partial charge in [0.1, 0.15) is 11.4 Å². The third kappa shape index (κ3) is 5.45. The maximum absolute atomic E-state index is 12.6. The lowest BCUT2D eigenvalue weighted by molar-refractivity contribution is -0.137. The van der Waals surface area contributed by atoms with Crippen LogP contribution >= 0.6 is 0 Å². The lowest BCUT2D eigenvalue weighted by atomic mass is 10.1. The van der Waals surface area contributed by atoms with Crippen molar-refractivity contribution in [3.63, 3.8) is 0 Å². The Morgan fingerprint density at radius 2 is 1.81 bits per heavy atom. The van der Waals surface area contributed by atoms with Crippen LogP contribution in [0.2, 0.25) is 0 Å². The number of nitrogens with one attached hydrogen (secondary N) is 2. The Morgan fingerprint density at radius 3 is 2.45 bits per heavy atom. The van der Waals surface area contributed by atoms with Gasteiger partial charge in [-0.25, -0.2) is 10.4 Å². The molecule has 0 fully saturated rings. The van der Waals surface area contributed by atoms with Gasteiger partial charge in [-0.1, -0.05) is 18.2 Å². The number of carbonyl (C=O) groups is 2. The first-order chi connectivity index (χ1) is 14.6. The molecule has 0 saturated heterocycles. The topological polar surface area (TPSA) is 109 Å². The molecule has 2 amide bonds. The van der Waals surface area contributed by atoms with Crippen LogP contribution in [-0.2, 0) is 6.18 Å². The van der Waals surface area contributed by atoms with Gasteiger partial charge in [0, 0.05) is 12.2 Å².